The molecular formula is C19H26N4O. The average Bonchev–Trinajstić information content (AvgIpc) is 2.92. The zero-order valence-corrected chi connectivity index (χ0v) is 14.7. The van der Waals surface area contributed by atoms with Crippen molar-refractivity contribution in [1.29, 1.82) is 0 Å². The molecule has 0 N–H and O–H groups in total. The Balaban J connectivity index is 1.44. The lowest BCUT2D eigenvalue weighted by molar-refractivity contribution is -0.190. The summed E-state index contributed by atoms with van der Waals surface area (Å²) in [7, 11) is 4.36. The first-order valence-electron chi connectivity index (χ1n) is 9.19. The second kappa shape index (κ2) is 5.20. The van der Waals surface area contributed by atoms with E-state index in [1.54, 1.807) is 0 Å². The van der Waals surface area contributed by atoms with Crippen LogP contribution in [0, 0.1) is 5.92 Å². The fourth-order valence-electron chi connectivity index (χ4n) is 4.98. The summed E-state index contributed by atoms with van der Waals surface area (Å²) in [5, 5.41) is 4.55. The Bertz CT molecular complexity index is 695. The molecule has 1 aromatic carbocycles. The zero-order chi connectivity index (χ0) is 16.3. The highest BCUT2D eigenvalue weighted by Gasteiger charge is 2.55. The van der Waals surface area contributed by atoms with Crippen LogP contribution >= 0.6 is 0 Å². The molecule has 0 aliphatic carbocycles. The summed E-state index contributed by atoms with van der Waals surface area (Å²) in [6, 6.07) is 6.83. The van der Waals surface area contributed by atoms with Gasteiger partial charge in [0.2, 0.25) is 5.72 Å². The van der Waals surface area contributed by atoms with Crippen molar-refractivity contribution in [3.63, 3.8) is 0 Å². The van der Waals surface area contributed by atoms with Gasteiger partial charge in [0.15, 0.2) is 5.84 Å². The molecule has 3 fully saturated rings. The summed E-state index contributed by atoms with van der Waals surface area (Å²) < 4.78 is 0. The van der Waals surface area contributed by atoms with E-state index in [4.69, 9.17) is 4.84 Å². The molecule has 128 valence electrons. The first-order valence-corrected chi connectivity index (χ1v) is 9.19. The molecule has 2 bridgehead atoms. The number of likely N-dealkylation sites (N-methyl/N-ethyl adjacent to an activating group) is 2. The lowest BCUT2D eigenvalue weighted by atomic mass is 9.80. The fraction of sp³-hybridized carbons (Fsp3) is 0.632. The van der Waals surface area contributed by atoms with Crippen LogP contribution in [0.25, 0.3) is 0 Å². The van der Waals surface area contributed by atoms with Crippen molar-refractivity contribution in [2.24, 2.45) is 11.1 Å². The molecule has 1 spiro atoms. The predicted octanol–water partition coefficient (Wildman–Crippen LogP) is 1.72. The normalized spacial score (nSPS) is 35.1. The molecule has 0 unspecified atom stereocenters. The maximum Gasteiger partial charge on any atom is 0.226 e. The van der Waals surface area contributed by atoms with Crippen LogP contribution in [0.4, 0.5) is 0 Å². The summed E-state index contributed by atoms with van der Waals surface area (Å²) in [6.07, 6.45) is 3.58. The van der Waals surface area contributed by atoms with Crippen LogP contribution in [-0.2, 0) is 17.8 Å². The Morgan fingerprint density at radius 3 is 2.71 bits per heavy atom. The van der Waals surface area contributed by atoms with Crippen molar-refractivity contribution in [3.05, 3.63) is 34.9 Å². The van der Waals surface area contributed by atoms with E-state index in [0.29, 0.717) is 5.92 Å². The standard InChI is InChI=1S/C19H26N4O/c1-21-8-5-14-11-15(3-4-16(14)12-21)18-20-24-19(22(18)2)13-23-9-6-17(19)7-10-23/h3-4,11,17H,5-10,12-13H2,1-2H3/t19-/m1/s1. The highest BCUT2D eigenvalue weighted by molar-refractivity contribution is 5.99. The van der Waals surface area contributed by atoms with Gasteiger partial charge in [-0.25, -0.2) is 0 Å². The van der Waals surface area contributed by atoms with Gasteiger partial charge in [-0.05, 0) is 56.6 Å². The van der Waals surface area contributed by atoms with E-state index in [9.17, 15) is 0 Å². The molecule has 0 amide bonds. The van der Waals surface area contributed by atoms with Gasteiger partial charge in [-0.15, -0.1) is 0 Å². The average molecular weight is 326 g/mol. The van der Waals surface area contributed by atoms with E-state index in [1.807, 2.05) is 0 Å². The molecule has 0 aromatic heterocycles. The number of oxime groups is 1. The Morgan fingerprint density at radius 1 is 1.12 bits per heavy atom. The van der Waals surface area contributed by atoms with E-state index in [-0.39, 0.29) is 5.72 Å². The summed E-state index contributed by atoms with van der Waals surface area (Å²) >= 11 is 0. The van der Waals surface area contributed by atoms with Gasteiger partial charge < -0.3 is 14.6 Å². The summed E-state index contributed by atoms with van der Waals surface area (Å²) in [6.45, 7) is 5.60. The van der Waals surface area contributed by atoms with Crippen molar-refractivity contribution in [3.8, 4) is 0 Å². The molecule has 5 nitrogen and oxygen atoms in total. The number of nitrogens with zero attached hydrogens (tertiary/aromatic N) is 4. The summed E-state index contributed by atoms with van der Waals surface area (Å²) in [4.78, 5) is 13.3. The molecule has 1 aromatic rings. The van der Waals surface area contributed by atoms with Crippen molar-refractivity contribution in [2.75, 3.05) is 40.3 Å². The number of fused-ring (bicyclic) bond motifs is 3. The number of piperidine rings is 3. The third-order valence-corrected chi connectivity index (χ3v) is 6.52. The Kier molecular flexibility index (Phi) is 3.19. The van der Waals surface area contributed by atoms with E-state index >= 15 is 0 Å². The Hall–Kier alpha value is -1.59. The minimum atomic E-state index is -0.234. The van der Waals surface area contributed by atoms with E-state index in [0.717, 1.165) is 31.9 Å². The largest absolute Gasteiger partial charge is 0.363 e. The highest BCUT2D eigenvalue weighted by atomic mass is 16.7. The minimum Gasteiger partial charge on any atom is -0.363 e. The number of amidine groups is 1. The minimum absolute atomic E-state index is 0.234. The molecule has 6 rings (SSSR count). The van der Waals surface area contributed by atoms with E-state index in [2.05, 4.69) is 52.1 Å². The third kappa shape index (κ3) is 2.04. The maximum atomic E-state index is 6.12. The molecule has 1 atom stereocenters. The molecule has 0 radical (unpaired) electrons. The van der Waals surface area contributed by atoms with Gasteiger partial charge in [-0.2, -0.15) is 0 Å². The van der Waals surface area contributed by atoms with Crippen molar-refractivity contribution in [2.45, 2.75) is 31.5 Å². The monoisotopic (exact) mass is 326 g/mol. The molecule has 5 heterocycles. The molecule has 5 aliphatic rings. The Morgan fingerprint density at radius 2 is 1.96 bits per heavy atom. The van der Waals surface area contributed by atoms with Crippen LogP contribution in [0.5, 0.6) is 0 Å². The molecular weight excluding hydrogens is 300 g/mol. The van der Waals surface area contributed by atoms with Crippen molar-refractivity contribution < 1.29 is 4.84 Å². The van der Waals surface area contributed by atoms with Crippen LogP contribution in [0.2, 0.25) is 0 Å². The second-order valence-corrected chi connectivity index (χ2v) is 7.93. The lowest BCUT2D eigenvalue weighted by Gasteiger charge is -2.52. The van der Waals surface area contributed by atoms with Gasteiger partial charge in [0, 0.05) is 31.6 Å². The third-order valence-electron chi connectivity index (χ3n) is 6.52. The molecule has 5 heteroatoms. The maximum absolute atomic E-state index is 6.12. The first-order chi connectivity index (χ1) is 11.7. The molecule has 24 heavy (non-hydrogen) atoms. The first kappa shape index (κ1) is 14.7. The van der Waals surface area contributed by atoms with Crippen LogP contribution in [0.15, 0.2) is 23.4 Å². The fourth-order valence-corrected chi connectivity index (χ4v) is 4.98. The molecule has 3 saturated heterocycles. The quantitative estimate of drug-likeness (QED) is 0.786. The van der Waals surface area contributed by atoms with Crippen LogP contribution in [0.3, 0.4) is 0 Å². The summed E-state index contributed by atoms with van der Waals surface area (Å²) in [5.74, 6) is 1.60. The number of rotatable bonds is 1. The second-order valence-electron chi connectivity index (χ2n) is 7.93. The molecule has 0 saturated carbocycles. The van der Waals surface area contributed by atoms with Crippen LogP contribution in [0.1, 0.15) is 29.5 Å². The van der Waals surface area contributed by atoms with Gasteiger partial charge in [-0.1, -0.05) is 17.3 Å². The van der Waals surface area contributed by atoms with Crippen molar-refractivity contribution >= 4 is 5.84 Å². The topological polar surface area (TPSA) is 31.3 Å². The predicted molar refractivity (Wildman–Crippen MR) is 93.8 cm³/mol. The van der Waals surface area contributed by atoms with Gasteiger partial charge in [0.05, 0.1) is 6.54 Å². The van der Waals surface area contributed by atoms with E-state index < -0.39 is 0 Å². The van der Waals surface area contributed by atoms with Crippen molar-refractivity contribution in [1.82, 2.24) is 14.7 Å². The number of hydrogen-bond donors (Lipinski definition) is 0. The van der Waals surface area contributed by atoms with Gasteiger partial charge in [0.25, 0.3) is 0 Å². The smallest absolute Gasteiger partial charge is 0.226 e. The number of hydrogen-bond acceptors (Lipinski definition) is 5. The van der Waals surface area contributed by atoms with Gasteiger partial charge >= 0.3 is 0 Å². The van der Waals surface area contributed by atoms with E-state index in [1.165, 1.54) is 42.6 Å². The van der Waals surface area contributed by atoms with Crippen LogP contribution in [-0.4, -0.2) is 66.5 Å². The van der Waals surface area contributed by atoms with Gasteiger partial charge in [0.1, 0.15) is 0 Å². The molecule has 5 aliphatic heterocycles. The highest BCUT2D eigenvalue weighted by Crippen LogP contribution is 2.43. The summed E-state index contributed by atoms with van der Waals surface area (Å²) in [5.41, 5.74) is 3.89. The van der Waals surface area contributed by atoms with Crippen LogP contribution < -0.4 is 0 Å². The van der Waals surface area contributed by atoms with Gasteiger partial charge in [-0.3, -0.25) is 4.90 Å². The number of benzene rings is 1. The lowest BCUT2D eigenvalue weighted by Crippen LogP contribution is -2.65. The SMILES string of the molecule is CN1CCc2cc(C3=NO[C@@]4(CN5CCC4CC5)N3C)ccc2C1. The Labute approximate surface area is 143 Å². The zero-order valence-electron chi connectivity index (χ0n) is 14.7.